The Bertz CT molecular complexity index is 1210. The zero-order valence-corrected chi connectivity index (χ0v) is 15.6. The van der Waals surface area contributed by atoms with Crippen LogP contribution in [-0.2, 0) is 6.54 Å². The maximum absolute atomic E-state index is 12.8. The van der Waals surface area contributed by atoms with Crippen LogP contribution in [-0.4, -0.2) is 27.8 Å². The highest BCUT2D eigenvalue weighted by molar-refractivity contribution is 7.17. The summed E-state index contributed by atoms with van der Waals surface area (Å²) in [5.74, 6) is 0.348. The molecule has 1 aromatic carbocycles. The molecule has 4 aromatic rings. The average molecular weight is 388 g/mol. The number of amides is 1. The van der Waals surface area contributed by atoms with E-state index in [9.17, 15) is 9.59 Å². The number of H-pyrrole nitrogens is 1. The number of aromatic amines is 1. The molecular formula is C18H14ClN3O3S. The largest absolute Gasteiger partial charge is 0.449 e. The van der Waals surface area contributed by atoms with Gasteiger partial charge in [-0.05, 0) is 24.4 Å². The molecule has 26 heavy (non-hydrogen) atoms. The van der Waals surface area contributed by atoms with Gasteiger partial charge in [0.1, 0.15) is 10.5 Å². The fourth-order valence-corrected chi connectivity index (χ4v) is 3.82. The van der Waals surface area contributed by atoms with Crippen molar-refractivity contribution >= 4 is 50.0 Å². The zero-order chi connectivity index (χ0) is 18.4. The van der Waals surface area contributed by atoms with Gasteiger partial charge in [-0.1, -0.05) is 23.7 Å². The zero-order valence-electron chi connectivity index (χ0n) is 14.0. The summed E-state index contributed by atoms with van der Waals surface area (Å²) in [7, 11) is 1.63. The van der Waals surface area contributed by atoms with Gasteiger partial charge in [0.05, 0.1) is 17.1 Å². The van der Waals surface area contributed by atoms with Crippen molar-refractivity contribution in [2.24, 2.45) is 0 Å². The molecule has 0 saturated heterocycles. The lowest BCUT2D eigenvalue weighted by Gasteiger charge is -2.15. The summed E-state index contributed by atoms with van der Waals surface area (Å²) < 4.78 is 6.29. The smallest absolute Gasteiger partial charge is 0.290 e. The van der Waals surface area contributed by atoms with Gasteiger partial charge in [0.2, 0.25) is 0 Å². The van der Waals surface area contributed by atoms with Crippen molar-refractivity contribution in [3.05, 3.63) is 62.2 Å². The van der Waals surface area contributed by atoms with Gasteiger partial charge in [0.25, 0.3) is 11.5 Å². The fourth-order valence-electron chi connectivity index (χ4n) is 2.88. The van der Waals surface area contributed by atoms with E-state index in [0.717, 1.165) is 10.9 Å². The first-order valence-corrected chi connectivity index (χ1v) is 9.11. The number of aromatic nitrogens is 2. The van der Waals surface area contributed by atoms with Crippen molar-refractivity contribution in [2.45, 2.75) is 13.5 Å². The van der Waals surface area contributed by atoms with Crippen LogP contribution >= 0.6 is 22.9 Å². The molecular weight excluding hydrogens is 374 g/mol. The van der Waals surface area contributed by atoms with E-state index in [-0.39, 0.29) is 23.8 Å². The number of hydrogen-bond acceptors (Lipinski definition) is 5. The third kappa shape index (κ3) is 2.69. The van der Waals surface area contributed by atoms with Crippen LogP contribution in [0.25, 0.3) is 21.2 Å². The Morgan fingerprint density at radius 3 is 2.96 bits per heavy atom. The van der Waals surface area contributed by atoms with E-state index in [2.05, 4.69) is 9.97 Å². The second-order valence-electron chi connectivity index (χ2n) is 5.98. The number of benzene rings is 1. The molecule has 0 spiro atoms. The quantitative estimate of drug-likeness (QED) is 0.577. The Morgan fingerprint density at radius 2 is 2.19 bits per heavy atom. The maximum Gasteiger partial charge on any atom is 0.290 e. The molecule has 0 atom stereocenters. The molecule has 3 aromatic heterocycles. The highest BCUT2D eigenvalue weighted by Crippen LogP contribution is 2.31. The highest BCUT2D eigenvalue weighted by atomic mass is 35.5. The van der Waals surface area contributed by atoms with Gasteiger partial charge < -0.3 is 14.3 Å². The Hall–Kier alpha value is -2.64. The summed E-state index contributed by atoms with van der Waals surface area (Å²) >= 11 is 7.49. The van der Waals surface area contributed by atoms with Crippen LogP contribution < -0.4 is 5.56 Å². The minimum Gasteiger partial charge on any atom is -0.449 e. The van der Waals surface area contributed by atoms with Crippen LogP contribution in [0.3, 0.4) is 0 Å². The SMILES string of the molecule is Cc1c(C(=O)N(C)Cc2nc3ccsc3c(=O)[nH]2)oc2c(Cl)cccc12. The second kappa shape index (κ2) is 6.26. The lowest BCUT2D eigenvalue weighted by atomic mass is 10.1. The third-order valence-corrected chi connectivity index (χ3v) is 5.41. The molecule has 0 bridgehead atoms. The molecule has 4 rings (SSSR count). The number of aryl methyl sites for hydroxylation is 1. The first-order valence-electron chi connectivity index (χ1n) is 7.85. The third-order valence-electron chi connectivity index (χ3n) is 4.21. The molecule has 0 aliphatic heterocycles. The number of carbonyl (C=O) groups excluding carboxylic acids is 1. The number of fused-ring (bicyclic) bond motifs is 2. The Labute approximate surface area is 157 Å². The lowest BCUT2D eigenvalue weighted by molar-refractivity contribution is 0.0751. The van der Waals surface area contributed by atoms with Crippen LogP contribution in [0.5, 0.6) is 0 Å². The first kappa shape index (κ1) is 16.8. The normalized spacial score (nSPS) is 11.3. The van der Waals surface area contributed by atoms with E-state index in [1.165, 1.54) is 16.2 Å². The molecule has 0 radical (unpaired) electrons. The highest BCUT2D eigenvalue weighted by Gasteiger charge is 2.22. The van der Waals surface area contributed by atoms with Crippen LogP contribution in [0.2, 0.25) is 5.02 Å². The molecule has 1 N–H and O–H groups in total. The number of thiophene rings is 1. The molecule has 0 fully saturated rings. The minimum atomic E-state index is -0.303. The molecule has 132 valence electrons. The Balaban J connectivity index is 1.66. The predicted octanol–water partition coefficient (Wildman–Crippen LogP) is 3.96. The summed E-state index contributed by atoms with van der Waals surface area (Å²) in [6.45, 7) is 1.98. The van der Waals surface area contributed by atoms with Gasteiger partial charge >= 0.3 is 0 Å². The summed E-state index contributed by atoms with van der Waals surface area (Å²) in [4.78, 5) is 33.5. The Morgan fingerprint density at radius 1 is 1.38 bits per heavy atom. The monoisotopic (exact) mass is 387 g/mol. The van der Waals surface area contributed by atoms with Crippen molar-refractivity contribution in [3.63, 3.8) is 0 Å². The molecule has 8 heteroatoms. The summed E-state index contributed by atoms with van der Waals surface area (Å²) in [5.41, 5.74) is 1.65. The summed E-state index contributed by atoms with van der Waals surface area (Å²) in [6, 6.07) is 7.18. The number of nitrogens with one attached hydrogen (secondary N) is 1. The lowest BCUT2D eigenvalue weighted by Crippen LogP contribution is -2.28. The number of halogens is 1. The van der Waals surface area contributed by atoms with Crippen molar-refractivity contribution in [1.82, 2.24) is 14.9 Å². The molecule has 0 saturated carbocycles. The van der Waals surface area contributed by atoms with Crippen molar-refractivity contribution < 1.29 is 9.21 Å². The molecule has 6 nitrogen and oxygen atoms in total. The number of hydrogen-bond donors (Lipinski definition) is 1. The van der Waals surface area contributed by atoms with E-state index in [4.69, 9.17) is 16.0 Å². The van der Waals surface area contributed by atoms with Gasteiger partial charge in [0.15, 0.2) is 11.3 Å². The number of para-hydroxylation sites is 1. The van der Waals surface area contributed by atoms with Crippen LogP contribution in [0.4, 0.5) is 0 Å². The van der Waals surface area contributed by atoms with E-state index in [1.54, 1.807) is 19.2 Å². The second-order valence-corrected chi connectivity index (χ2v) is 7.30. The average Bonchev–Trinajstić information content (AvgIpc) is 3.20. The van der Waals surface area contributed by atoms with E-state index < -0.39 is 0 Å². The molecule has 1 amide bonds. The van der Waals surface area contributed by atoms with Gasteiger partial charge in [-0.3, -0.25) is 9.59 Å². The molecule has 0 aliphatic rings. The minimum absolute atomic E-state index is 0.157. The van der Waals surface area contributed by atoms with Gasteiger partial charge in [-0.15, -0.1) is 11.3 Å². The molecule has 3 heterocycles. The van der Waals surface area contributed by atoms with Gasteiger partial charge in [0, 0.05) is 18.0 Å². The molecule has 0 unspecified atom stereocenters. The van der Waals surface area contributed by atoms with E-state index in [0.29, 0.717) is 26.6 Å². The first-order chi connectivity index (χ1) is 12.5. The molecule has 0 aliphatic carbocycles. The van der Waals surface area contributed by atoms with Crippen molar-refractivity contribution in [1.29, 1.82) is 0 Å². The predicted molar refractivity (Wildman–Crippen MR) is 102 cm³/mol. The van der Waals surface area contributed by atoms with Crippen LogP contribution in [0.15, 0.2) is 38.9 Å². The van der Waals surface area contributed by atoms with Crippen molar-refractivity contribution in [2.75, 3.05) is 7.05 Å². The number of nitrogens with zero attached hydrogens (tertiary/aromatic N) is 2. The van der Waals surface area contributed by atoms with Gasteiger partial charge in [-0.2, -0.15) is 0 Å². The van der Waals surface area contributed by atoms with Crippen LogP contribution in [0, 0.1) is 6.92 Å². The number of furan rings is 1. The fraction of sp³-hybridized carbons (Fsp3) is 0.167. The van der Waals surface area contributed by atoms with Crippen molar-refractivity contribution in [3.8, 4) is 0 Å². The summed E-state index contributed by atoms with van der Waals surface area (Å²) in [6.07, 6.45) is 0. The topological polar surface area (TPSA) is 79.2 Å². The maximum atomic E-state index is 12.8. The summed E-state index contributed by atoms with van der Waals surface area (Å²) in [5, 5.41) is 3.08. The van der Waals surface area contributed by atoms with E-state index in [1.807, 2.05) is 24.4 Å². The number of rotatable bonds is 3. The Kier molecular flexibility index (Phi) is 4.05. The van der Waals surface area contributed by atoms with E-state index >= 15 is 0 Å². The number of carbonyl (C=O) groups is 1. The standard InChI is InChI=1S/C18H14ClN3O3S/c1-9-10-4-3-5-11(19)15(10)25-14(9)18(24)22(2)8-13-20-12-6-7-26-16(12)17(23)21-13/h3-7H,8H2,1-2H3,(H,20,21,23). The van der Waals surface area contributed by atoms with Crippen LogP contribution in [0.1, 0.15) is 21.9 Å². The van der Waals surface area contributed by atoms with Gasteiger partial charge in [-0.25, -0.2) is 4.98 Å².